The molecule has 0 saturated carbocycles. The summed E-state index contributed by atoms with van der Waals surface area (Å²) in [5, 5.41) is 10.6. The average molecular weight is 1420 g/mol. The number of hydrogen-bond acceptors (Lipinski definition) is 15. The van der Waals surface area contributed by atoms with Crippen LogP contribution in [0.4, 0.5) is 0 Å². The number of esters is 4. The van der Waals surface area contributed by atoms with Crippen molar-refractivity contribution in [3.63, 3.8) is 0 Å². The van der Waals surface area contributed by atoms with Gasteiger partial charge in [0.1, 0.15) is 19.3 Å². The van der Waals surface area contributed by atoms with Gasteiger partial charge in [0.05, 0.1) is 26.4 Å². The van der Waals surface area contributed by atoms with E-state index in [1.165, 1.54) is 225 Å². The molecule has 5 atom stereocenters. The van der Waals surface area contributed by atoms with Crippen LogP contribution in [0, 0.1) is 11.8 Å². The zero-order chi connectivity index (χ0) is 71.4. The van der Waals surface area contributed by atoms with Crippen LogP contribution in [0.1, 0.15) is 408 Å². The number of aliphatic hydroxyl groups excluding tert-OH is 1. The lowest BCUT2D eigenvalue weighted by atomic mass is 10.0. The quantitative estimate of drug-likeness (QED) is 0.0222. The van der Waals surface area contributed by atoms with E-state index >= 15 is 0 Å². The van der Waals surface area contributed by atoms with Crippen LogP contribution in [0.15, 0.2) is 0 Å². The van der Waals surface area contributed by atoms with Gasteiger partial charge in [-0.1, -0.05) is 356 Å². The molecule has 0 saturated heterocycles. The van der Waals surface area contributed by atoms with Crippen LogP contribution >= 0.6 is 15.6 Å². The van der Waals surface area contributed by atoms with E-state index in [0.29, 0.717) is 25.7 Å². The maximum Gasteiger partial charge on any atom is 0.472 e. The van der Waals surface area contributed by atoms with Crippen LogP contribution in [-0.4, -0.2) is 96.7 Å². The molecule has 19 heteroatoms. The van der Waals surface area contributed by atoms with Crippen LogP contribution in [0.3, 0.4) is 0 Å². The average Bonchev–Trinajstić information content (AvgIpc) is 1.10. The third-order valence-corrected chi connectivity index (χ3v) is 20.1. The van der Waals surface area contributed by atoms with Crippen LogP contribution in [-0.2, 0) is 65.4 Å². The number of rotatable bonds is 77. The third kappa shape index (κ3) is 72.2. The fourth-order valence-corrected chi connectivity index (χ4v) is 13.6. The zero-order valence-electron chi connectivity index (χ0n) is 63.4. The molecule has 0 radical (unpaired) electrons. The summed E-state index contributed by atoms with van der Waals surface area (Å²) >= 11 is 0. The van der Waals surface area contributed by atoms with Crippen molar-refractivity contribution < 1.29 is 80.2 Å². The first-order chi connectivity index (χ1) is 46.9. The summed E-state index contributed by atoms with van der Waals surface area (Å²) in [5.41, 5.74) is 0. The standard InChI is InChI=1S/C78H152O17P2/c1-7-9-11-13-15-17-18-19-20-21-22-23-24-25-30-33-37-44-50-56-62-77(82)94-73(67-89-76(81)61-55-49-43-36-32-29-27-26-28-31-35-40-46-52-58-70(3)4)68-92-96(84,85)90-64-72(79)65-91-97(86,87)93-69-74(66-88-75(80)60-54-48-42-34-16-14-12-10-8-2)95-78(83)63-57-51-45-39-38-41-47-53-59-71(5)6/h70-74,79H,7-69H2,1-6H3,(H,84,85)(H,86,87)/t72-,73-,74-/m1/s1. The van der Waals surface area contributed by atoms with Crippen molar-refractivity contribution in [1.29, 1.82) is 0 Å². The molecular formula is C78H152O17P2. The second kappa shape index (κ2) is 69.8. The Labute approximate surface area is 594 Å². The molecule has 0 aromatic heterocycles. The lowest BCUT2D eigenvalue weighted by Crippen LogP contribution is -2.30. The van der Waals surface area contributed by atoms with Crippen molar-refractivity contribution >= 4 is 39.5 Å². The minimum absolute atomic E-state index is 0.105. The largest absolute Gasteiger partial charge is 0.472 e. The van der Waals surface area contributed by atoms with Crippen LogP contribution in [0.25, 0.3) is 0 Å². The Balaban J connectivity index is 5.20. The maximum absolute atomic E-state index is 13.1. The molecule has 0 spiro atoms. The first kappa shape index (κ1) is 95.1. The Kier molecular flexibility index (Phi) is 68.4. The van der Waals surface area contributed by atoms with Gasteiger partial charge in [-0.25, -0.2) is 9.13 Å². The van der Waals surface area contributed by atoms with Crippen molar-refractivity contribution in [1.82, 2.24) is 0 Å². The maximum atomic E-state index is 13.1. The first-order valence-electron chi connectivity index (χ1n) is 40.5. The van der Waals surface area contributed by atoms with Crippen LogP contribution in [0.2, 0.25) is 0 Å². The highest BCUT2D eigenvalue weighted by molar-refractivity contribution is 7.47. The van der Waals surface area contributed by atoms with Crippen LogP contribution < -0.4 is 0 Å². The van der Waals surface area contributed by atoms with Crippen molar-refractivity contribution in [2.24, 2.45) is 11.8 Å². The van der Waals surface area contributed by atoms with Gasteiger partial charge in [0, 0.05) is 25.7 Å². The SMILES string of the molecule is CCCCCCCCCCCCCCCCCCCCCCC(=O)O[C@H](COC(=O)CCCCCCCCCCCCCCCCC(C)C)COP(=O)(O)OC[C@@H](O)COP(=O)(O)OC[C@@H](COC(=O)CCCCCCCCCCC)OC(=O)CCCCCCCCCCC(C)C. The summed E-state index contributed by atoms with van der Waals surface area (Å²) < 4.78 is 68.5. The lowest BCUT2D eigenvalue weighted by molar-refractivity contribution is -0.161. The number of aliphatic hydroxyl groups is 1. The molecule has 0 aliphatic rings. The molecular weight excluding hydrogens is 1270 g/mol. The van der Waals surface area contributed by atoms with Gasteiger partial charge >= 0.3 is 39.5 Å². The first-order valence-corrected chi connectivity index (χ1v) is 43.5. The molecule has 2 unspecified atom stereocenters. The second-order valence-corrected chi connectivity index (χ2v) is 32.0. The molecule has 0 bridgehead atoms. The minimum atomic E-state index is -4.96. The van der Waals surface area contributed by atoms with E-state index in [0.717, 1.165) is 102 Å². The summed E-state index contributed by atoms with van der Waals surface area (Å²) in [6.45, 7) is 9.57. The smallest absolute Gasteiger partial charge is 0.462 e. The highest BCUT2D eigenvalue weighted by atomic mass is 31.2. The molecule has 0 aliphatic carbocycles. The van der Waals surface area contributed by atoms with E-state index in [-0.39, 0.29) is 25.7 Å². The predicted octanol–water partition coefficient (Wildman–Crippen LogP) is 23.1. The van der Waals surface area contributed by atoms with Gasteiger partial charge in [0.2, 0.25) is 0 Å². The molecule has 0 aromatic carbocycles. The van der Waals surface area contributed by atoms with Crippen molar-refractivity contribution in [2.75, 3.05) is 39.6 Å². The molecule has 576 valence electrons. The highest BCUT2D eigenvalue weighted by Crippen LogP contribution is 2.45. The number of phosphoric acid groups is 2. The summed E-state index contributed by atoms with van der Waals surface area (Å²) in [4.78, 5) is 72.8. The van der Waals surface area contributed by atoms with Crippen LogP contribution in [0.5, 0.6) is 0 Å². The van der Waals surface area contributed by atoms with Gasteiger partial charge in [0.15, 0.2) is 12.2 Å². The Morgan fingerprint density at radius 1 is 0.278 bits per heavy atom. The molecule has 0 amide bonds. The van der Waals surface area contributed by atoms with E-state index in [1.807, 2.05) is 0 Å². The summed E-state index contributed by atoms with van der Waals surface area (Å²) in [7, 11) is -9.91. The van der Waals surface area contributed by atoms with Gasteiger partial charge in [-0.3, -0.25) is 37.3 Å². The predicted molar refractivity (Wildman–Crippen MR) is 395 cm³/mol. The normalized spacial score (nSPS) is 14.0. The van der Waals surface area contributed by atoms with Gasteiger partial charge in [-0.05, 0) is 37.5 Å². The van der Waals surface area contributed by atoms with Crippen molar-refractivity contribution in [2.45, 2.75) is 426 Å². The van der Waals surface area contributed by atoms with Gasteiger partial charge in [-0.15, -0.1) is 0 Å². The monoisotopic (exact) mass is 1420 g/mol. The molecule has 3 N–H and O–H groups in total. The minimum Gasteiger partial charge on any atom is -0.462 e. The zero-order valence-corrected chi connectivity index (χ0v) is 65.2. The van der Waals surface area contributed by atoms with E-state index in [2.05, 4.69) is 41.5 Å². The highest BCUT2D eigenvalue weighted by Gasteiger charge is 2.30. The number of carbonyl (C=O) groups excluding carboxylic acids is 4. The van der Waals surface area contributed by atoms with Crippen molar-refractivity contribution in [3.8, 4) is 0 Å². The molecule has 17 nitrogen and oxygen atoms in total. The van der Waals surface area contributed by atoms with Crippen molar-refractivity contribution in [3.05, 3.63) is 0 Å². The molecule has 0 fully saturated rings. The van der Waals surface area contributed by atoms with E-state index in [1.54, 1.807) is 0 Å². The Hall–Kier alpha value is -1.94. The molecule has 0 aromatic rings. The number of carbonyl (C=O) groups is 4. The van der Waals surface area contributed by atoms with Gasteiger partial charge in [0.25, 0.3) is 0 Å². The fraction of sp³-hybridized carbons (Fsp3) is 0.949. The molecule has 97 heavy (non-hydrogen) atoms. The number of unbranched alkanes of at least 4 members (excludes halogenated alkanes) is 47. The summed E-state index contributed by atoms with van der Waals surface area (Å²) in [6.07, 6.45) is 58.4. The second-order valence-electron chi connectivity index (χ2n) is 29.1. The Morgan fingerprint density at radius 3 is 0.701 bits per heavy atom. The topological polar surface area (TPSA) is 237 Å². The fourth-order valence-electron chi connectivity index (χ4n) is 12.0. The molecule has 0 rings (SSSR count). The summed E-state index contributed by atoms with van der Waals surface area (Å²) in [6, 6.07) is 0. The van der Waals surface area contributed by atoms with E-state index in [9.17, 15) is 43.2 Å². The van der Waals surface area contributed by atoms with Gasteiger partial charge in [-0.2, -0.15) is 0 Å². The molecule has 0 heterocycles. The number of ether oxygens (including phenoxy) is 4. The van der Waals surface area contributed by atoms with Gasteiger partial charge < -0.3 is 33.8 Å². The number of phosphoric ester groups is 2. The lowest BCUT2D eigenvalue weighted by Gasteiger charge is -2.21. The van der Waals surface area contributed by atoms with E-state index < -0.39 is 97.5 Å². The molecule has 0 aliphatic heterocycles. The summed E-state index contributed by atoms with van der Waals surface area (Å²) in [5.74, 6) is -0.598. The third-order valence-electron chi connectivity index (χ3n) is 18.2. The Morgan fingerprint density at radius 2 is 0.474 bits per heavy atom. The Bertz CT molecular complexity index is 1870. The number of hydrogen-bond donors (Lipinski definition) is 3. The van der Waals surface area contributed by atoms with E-state index in [4.69, 9.17) is 37.0 Å².